The molecule has 0 bridgehead atoms. The Balaban J connectivity index is 1.72. The van der Waals surface area contributed by atoms with E-state index in [-0.39, 0.29) is 11.9 Å². The van der Waals surface area contributed by atoms with Gasteiger partial charge in [0.2, 0.25) is 0 Å². The molecule has 1 N–H and O–H groups in total. The second kappa shape index (κ2) is 5.78. The summed E-state index contributed by atoms with van der Waals surface area (Å²) in [5, 5.41) is 8.02. The van der Waals surface area contributed by atoms with Gasteiger partial charge in [0, 0.05) is 11.9 Å². The average Bonchev–Trinajstić information content (AvgIpc) is 3.21. The van der Waals surface area contributed by atoms with Crippen molar-refractivity contribution in [1.82, 2.24) is 15.1 Å². The Kier molecular flexibility index (Phi) is 3.60. The van der Waals surface area contributed by atoms with Gasteiger partial charge in [0.05, 0.1) is 23.3 Å². The normalized spacial score (nSPS) is 17.6. The van der Waals surface area contributed by atoms with Crippen molar-refractivity contribution in [2.45, 2.75) is 32.7 Å². The number of aromatic nitrogens is 2. The summed E-state index contributed by atoms with van der Waals surface area (Å²) in [6, 6.07) is 12.5. The quantitative estimate of drug-likeness (QED) is 0.771. The summed E-state index contributed by atoms with van der Waals surface area (Å²) in [6.07, 6.45) is 3.83. The number of rotatable bonds is 2. The fraction of sp³-hybridized carbons (Fsp3) is 0.300. The number of hydrogen-bond donors (Lipinski definition) is 1. The number of amides is 1. The fourth-order valence-electron chi connectivity index (χ4n) is 3.86. The number of aryl methyl sites for hydroxylation is 2. The van der Waals surface area contributed by atoms with Crippen LogP contribution in [0.2, 0.25) is 0 Å². The van der Waals surface area contributed by atoms with Crippen molar-refractivity contribution in [2.24, 2.45) is 0 Å². The molecular formula is C20H21N3O. The van der Waals surface area contributed by atoms with E-state index in [1.165, 1.54) is 16.7 Å². The van der Waals surface area contributed by atoms with E-state index in [1.54, 1.807) is 6.20 Å². The lowest BCUT2D eigenvalue weighted by Crippen LogP contribution is -2.30. The number of likely N-dealkylation sites (tertiary alicyclic amines) is 1. The maximum atomic E-state index is 13.2. The number of fused-ring (bicyclic) bond motifs is 1. The molecule has 0 saturated carbocycles. The van der Waals surface area contributed by atoms with E-state index in [4.69, 9.17) is 0 Å². The Labute approximate surface area is 141 Å². The van der Waals surface area contributed by atoms with E-state index in [9.17, 15) is 4.79 Å². The Morgan fingerprint density at radius 2 is 2.00 bits per heavy atom. The summed E-state index contributed by atoms with van der Waals surface area (Å²) < 4.78 is 0. The van der Waals surface area contributed by atoms with Crippen molar-refractivity contribution in [2.75, 3.05) is 6.54 Å². The van der Waals surface area contributed by atoms with Gasteiger partial charge < -0.3 is 4.90 Å². The van der Waals surface area contributed by atoms with E-state index in [0.717, 1.165) is 30.3 Å². The molecule has 1 amide bonds. The number of benzene rings is 2. The minimum atomic E-state index is 0.0894. The van der Waals surface area contributed by atoms with Crippen LogP contribution in [0.25, 0.3) is 10.9 Å². The number of nitrogens with one attached hydrogen (secondary N) is 1. The van der Waals surface area contributed by atoms with Crippen LogP contribution in [0.4, 0.5) is 0 Å². The van der Waals surface area contributed by atoms with Crippen molar-refractivity contribution in [3.8, 4) is 0 Å². The third-order valence-corrected chi connectivity index (χ3v) is 4.85. The van der Waals surface area contributed by atoms with Gasteiger partial charge in [0.1, 0.15) is 0 Å². The molecule has 24 heavy (non-hydrogen) atoms. The smallest absolute Gasteiger partial charge is 0.256 e. The van der Waals surface area contributed by atoms with Gasteiger partial charge in [-0.3, -0.25) is 9.89 Å². The Bertz CT molecular complexity index is 892. The highest BCUT2D eigenvalue weighted by atomic mass is 16.2. The zero-order chi connectivity index (χ0) is 16.7. The van der Waals surface area contributed by atoms with Crippen LogP contribution in [-0.4, -0.2) is 27.5 Å². The average molecular weight is 319 g/mol. The van der Waals surface area contributed by atoms with Gasteiger partial charge in [-0.05, 0) is 38.3 Å². The van der Waals surface area contributed by atoms with Crippen molar-refractivity contribution in [3.05, 3.63) is 64.8 Å². The van der Waals surface area contributed by atoms with Crippen molar-refractivity contribution in [1.29, 1.82) is 0 Å². The van der Waals surface area contributed by atoms with Gasteiger partial charge in [-0.1, -0.05) is 41.5 Å². The molecule has 1 unspecified atom stereocenters. The van der Waals surface area contributed by atoms with Gasteiger partial charge in [0.15, 0.2) is 0 Å². The largest absolute Gasteiger partial charge is 0.332 e. The zero-order valence-corrected chi connectivity index (χ0v) is 14.0. The van der Waals surface area contributed by atoms with E-state index >= 15 is 0 Å². The predicted molar refractivity (Wildman–Crippen MR) is 95.0 cm³/mol. The maximum absolute atomic E-state index is 13.2. The minimum Gasteiger partial charge on any atom is -0.332 e. The maximum Gasteiger partial charge on any atom is 0.256 e. The van der Waals surface area contributed by atoms with Crippen LogP contribution < -0.4 is 0 Å². The third kappa shape index (κ3) is 2.48. The first-order valence-electron chi connectivity index (χ1n) is 8.45. The van der Waals surface area contributed by atoms with Crippen molar-refractivity contribution >= 4 is 16.8 Å². The number of carbonyl (C=O) groups is 1. The molecule has 1 aliphatic heterocycles. The molecule has 1 atom stereocenters. The lowest BCUT2D eigenvalue weighted by molar-refractivity contribution is 0.0737. The molecule has 1 aliphatic rings. The molecule has 2 heterocycles. The van der Waals surface area contributed by atoms with Crippen LogP contribution in [0.15, 0.2) is 42.6 Å². The van der Waals surface area contributed by atoms with E-state index in [1.807, 2.05) is 23.1 Å². The van der Waals surface area contributed by atoms with E-state index in [2.05, 4.69) is 42.2 Å². The standard InChI is InChI=1S/C20H21N3O/c1-13-9-14(2)11-16(10-13)18-7-4-8-23(18)20(24)17-6-3-5-15-12-21-22-19(15)17/h3,5-6,9-12,18H,4,7-8H2,1-2H3,(H,21,22). The molecule has 4 heteroatoms. The number of para-hydroxylation sites is 1. The number of carbonyl (C=O) groups excluding carboxylic acids is 1. The molecule has 0 aliphatic carbocycles. The molecule has 4 nitrogen and oxygen atoms in total. The number of H-pyrrole nitrogens is 1. The van der Waals surface area contributed by atoms with Crippen molar-refractivity contribution in [3.63, 3.8) is 0 Å². The predicted octanol–water partition coefficient (Wildman–Crippen LogP) is 4.16. The topological polar surface area (TPSA) is 49.0 Å². The second-order valence-electron chi connectivity index (χ2n) is 6.72. The second-order valence-corrected chi connectivity index (χ2v) is 6.72. The van der Waals surface area contributed by atoms with Crippen LogP contribution >= 0.6 is 0 Å². The molecule has 122 valence electrons. The molecule has 0 radical (unpaired) electrons. The first-order chi connectivity index (χ1) is 11.6. The molecule has 1 saturated heterocycles. The van der Waals surface area contributed by atoms with Crippen LogP contribution in [0.1, 0.15) is 45.9 Å². The third-order valence-electron chi connectivity index (χ3n) is 4.85. The Hall–Kier alpha value is -2.62. The zero-order valence-electron chi connectivity index (χ0n) is 14.0. The highest BCUT2D eigenvalue weighted by molar-refractivity contribution is 6.05. The van der Waals surface area contributed by atoms with Gasteiger partial charge >= 0.3 is 0 Å². The van der Waals surface area contributed by atoms with Gasteiger partial charge in [-0.15, -0.1) is 0 Å². The monoisotopic (exact) mass is 319 g/mol. The molecule has 1 fully saturated rings. The highest BCUT2D eigenvalue weighted by Gasteiger charge is 2.31. The van der Waals surface area contributed by atoms with Crippen LogP contribution in [0, 0.1) is 13.8 Å². The number of hydrogen-bond acceptors (Lipinski definition) is 2. The SMILES string of the molecule is Cc1cc(C)cc(C2CCCN2C(=O)c2cccc3cn[nH]c23)c1. The summed E-state index contributed by atoms with van der Waals surface area (Å²) >= 11 is 0. The molecule has 1 aromatic heterocycles. The van der Waals surface area contributed by atoms with E-state index in [0.29, 0.717) is 5.56 Å². The minimum absolute atomic E-state index is 0.0894. The highest BCUT2D eigenvalue weighted by Crippen LogP contribution is 2.34. The Morgan fingerprint density at radius 3 is 2.79 bits per heavy atom. The van der Waals surface area contributed by atoms with Crippen LogP contribution in [0.3, 0.4) is 0 Å². The molecule has 3 aromatic rings. The molecule has 0 spiro atoms. The van der Waals surface area contributed by atoms with Gasteiger partial charge in [-0.2, -0.15) is 5.10 Å². The molecule has 4 rings (SSSR count). The number of aromatic amines is 1. The molecule has 2 aromatic carbocycles. The fourth-order valence-corrected chi connectivity index (χ4v) is 3.86. The Morgan fingerprint density at radius 1 is 1.21 bits per heavy atom. The summed E-state index contributed by atoms with van der Waals surface area (Å²) in [7, 11) is 0. The molecular weight excluding hydrogens is 298 g/mol. The first kappa shape index (κ1) is 14.9. The van der Waals surface area contributed by atoms with Gasteiger partial charge in [0.25, 0.3) is 5.91 Å². The summed E-state index contributed by atoms with van der Waals surface area (Å²) in [4.78, 5) is 15.2. The van der Waals surface area contributed by atoms with Crippen LogP contribution in [0.5, 0.6) is 0 Å². The lowest BCUT2D eigenvalue weighted by atomic mass is 9.99. The summed E-state index contributed by atoms with van der Waals surface area (Å²) in [6.45, 7) is 5.03. The summed E-state index contributed by atoms with van der Waals surface area (Å²) in [5.41, 5.74) is 5.28. The lowest BCUT2D eigenvalue weighted by Gasteiger charge is -2.26. The first-order valence-corrected chi connectivity index (χ1v) is 8.45. The van der Waals surface area contributed by atoms with Crippen molar-refractivity contribution < 1.29 is 4.79 Å². The number of nitrogens with zero attached hydrogens (tertiary/aromatic N) is 2. The van der Waals surface area contributed by atoms with Crippen LogP contribution in [-0.2, 0) is 0 Å². The summed E-state index contributed by atoms with van der Waals surface area (Å²) in [5.74, 6) is 0.0894. The van der Waals surface area contributed by atoms with Gasteiger partial charge in [-0.25, -0.2) is 0 Å². The van der Waals surface area contributed by atoms with E-state index < -0.39 is 0 Å².